The summed E-state index contributed by atoms with van der Waals surface area (Å²) in [6.07, 6.45) is 1.71. The van der Waals surface area contributed by atoms with Crippen LogP contribution < -0.4 is 5.32 Å². The van der Waals surface area contributed by atoms with Crippen molar-refractivity contribution < 1.29 is 4.79 Å². The molecule has 0 saturated carbocycles. The lowest BCUT2D eigenvalue weighted by Crippen LogP contribution is -2.63. The molecule has 0 bridgehead atoms. The van der Waals surface area contributed by atoms with E-state index in [4.69, 9.17) is 0 Å². The van der Waals surface area contributed by atoms with Crippen molar-refractivity contribution in [2.45, 2.75) is 25.4 Å². The van der Waals surface area contributed by atoms with Gasteiger partial charge in [-0.1, -0.05) is 24.3 Å². The van der Waals surface area contributed by atoms with Crippen LogP contribution in [0.3, 0.4) is 0 Å². The average molecular weight is 216 g/mol. The second kappa shape index (κ2) is 3.32. The quantitative estimate of drug-likeness (QED) is 0.707. The second-order valence-corrected chi connectivity index (χ2v) is 4.76. The first kappa shape index (κ1) is 9.85. The fourth-order valence-corrected chi connectivity index (χ4v) is 2.91. The monoisotopic (exact) mass is 216 g/mol. The molecule has 1 aromatic rings. The molecule has 1 fully saturated rings. The standard InChI is InChI=1S/C13H16N2O/c1-13-11-5-3-2-4-10(11)6-8-15(13)9-7-12(16)14-13/h2-5H,6-9H2,1H3,(H,14,16). The number of fused-ring (bicyclic) bond motifs is 3. The molecule has 3 rings (SSSR count). The van der Waals surface area contributed by atoms with E-state index >= 15 is 0 Å². The van der Waals surface area contributed by atoms with Gasteiger partial charge in [0, 0.05) is 19.5 Å². The largest absolute Gasteiger partial charge is 0.334 e. The molecular weight excluding hydrogens is 200 g/mol. The molecule has 16 heavy (non-hydrogen) atoms. The maximum absolute atomic E-state index is 11.6. The molecule has 0 aromatic heterocycles. The number of amides is 1. The van der Waals surface area contributed by atoms with Crippen LogP contribution in [0.4, 0.5) is 0 Å². The lowest BCUT2D eigenvalue weighted by Gasteiger charge is -2.49. The molecule has 1 N–H and O–H groups in total. The zero-order valence-electron chi connectivity index (χ0n) is 9.49. The highest BCUT2D eigenvalue weighted by Crippen LogP contribution is 2.34. The first-order valence-corrected chi connectivity index (χ1v) is 5.84. The van der Waals surface area contributed by atoms with E-state index in [1.807, 2.05) is 6.07 Å². The van der Waals surface area contributed by atoms with Gasteiger partial charge in [-0.3, -0.25) is 9.69 Å². The fraction of sp³-hybridized carbons (Fsp3) is 0.462. The molecule has 2 heterocycles. The Morgan fingerprint density at radius 3 is 2.88 bits per heavy atom. The van der Waals surface area contributed by atoms with Crippen molar-refractivity contribution >= 4 is 5.91 Å². The maximum atomic E-state index is 11.6. The predicted octanol–water partition coefficient (Wildman–Crippen LogP) is 1.24. The predicted molar refractivity (Wildman–Crippen MR) is 61.8 cm³/mol. The molecule has 2 aliphatic rings. The molecule has 1 amide bonds. The molecule has 1 saturated heterocycles. The molecule has 0 aliphatic carbocycles. The van der Waals surface area contributed by atoms with Crippen LogP contribution in [0.5, 0.6) is 0 Å². The van der Waals surface area contributed by atoms with Crippen LogP contribution in [0.25, 0.3) is 0 Å². The van der Waals surface area contributed by atoms with Crippen LogP contribution in [0.15, 0.2) is 24.3 Å². The number of benzene rings is 1. The van der Waals surface area contributed by atoms with Gasteiger partial charge in [0.05, 0.1) is 0 Å². The van der Waals surface area contributed by atoms with E-state index in [2.05, 4.69) is 35.3 Å². The van der Waals surface area contributed by atoms with Crippen molar-refractivity contribution in [1.82, 2.24) is 10.2 Å². The summed E-state index contributed by atoms with van der Waals surface area (Å²) < 4.78 is 0. The Morgan fingerprint density at radius 2 is 2.00 bits per heavy atom. The van der Waals surface area contributed by atoms with E-state index in [0.29, 0.717) is 6.42 Å². The Hall–Kier alpha value is -1.35. The lowest BCUT2D eigenvalue weighted by atomic mass is 9.86. The normalized spacial score (nSPS) is 29.2. The van der Waals surface area contributed by atoms with Crippen LogP contribution in [0, 0.1) is 0 Å². The van der Waals surface area contributed by atoms with E-state index in [-0.39, 0.29) is 11.6 Å². The first-order chi connectivity index (χ1) is 7.70. The molecule has 1 unspecified atom stereocenters. The summed E-state index contributed by atoms with van der Waals surface area (Å²) in [6.45, 7) is 4.02. The SMILES string of the molecule is CC12NC(=O)CCN1CCc1ccccc12. The van der Waals surface area contributed by atoms with E-state index in [9.17, 15) is 4.79 Å². The summed E-state index contributed by atoms with van der Waals surface area (Å²) >= 11 is 0. The Morgan fingerprint density at radius 1 is 1.25 bits per heavy atom. The second-order valence-electron chi connectivity index (χ2n) is 4.76. The molecule has 3 nitrogen and oxygen atoms in total. The van der Waals surface area contributed by atoms with Crippen LogP contribution in [-0.2, 0) is 16.9 Å². The Kier molecular flexibility index (Phi) is 2.04. The highest BCUT2D eigenvalue weighted by atomic mass is 16.2. The number of carbonyl (C=O) groups is 1. The molecule has 1 atom stereocenters. The summed E-state index contributed by atoms with van der Waals surface area (Å²) in [6, 6.07) is 8.42. The minimum absolute atomic E-state index is 0.162. The van der Waals surface area contributed by atoms with Crippen LogP contribution in [0.2, 0.25) is 0 Å². The smallest absolute Gasteiger partial charge is 0.222 e. The third-order valence-electron chi connectivity index (χ3n) is 3.82. The average Bonchev–Trinajstić information content (AvgIpc) is 2.28. The topological polar surface area (TPSA) is 32.3 Å². The molecule has 3 heteroatoms. The number of nitrogens with zero attached hydrogens (tertiary/aromatic N) is 1. The summed E-state index contributed by atoms with van der Waals surface area (Å²) in [7, 11) is 0. The van der Waals surface area contributed by atoms with E-state index < -0.39 is 0 Å². The van der Waals surface area contributed by atoms with Crippen molar-refractivity contribution in [2.75, 3.05) is 13.1 Å². The van der Waals surface area contributed by atoms with E-state index in [1.54, 1.807) is 0 Å². The van der Waals surface area contributed by atoms with Gasteiger partial charge in [-0.25, -0.2) is 0 Å². The van der Waals surface area contributed by atoms with Crippen molar-refractivity contribution in [3.63, 3.8) is 0 Å². The van der Waals surface area contributed by atoms with Crippen LogP contribution in [0.1, 0.15) is 24.5 Å². The third-order valence-corrected chi connectivity index (χ3v) is 3.82. The fourth-order valence-electron chi connectivity index (χ4n) is 2.91. The van der Waals surface area contributed by atoms with Crippen LogP contribution in [-0.4, -0.2) is 23.9 Å². The Bertz CT molecular complexity index is 443. The van der Waals surface area contributed by atoms with Crippen molar-refractivity contribution in [1.29, 1.82) is 0 Å². The highest BCUT2D eigenvalue weighted by Gasteiger charge is 2.42. The summed E-state index contributed by atoms with van der Waals surface area (Å²) in [5.74, 6) is 0.162. The minimum Gasteiger partial charge on any atom is -0.334 e. The summed E-state index contributed by atoms with van der Waals surface area (Å²) in [5.41, 5.74) is 2.34. The van der Waals surface area contributed by atoms with Gasteiger partial charge in [0.1, 0.15) is 5.66 Å². The van der Waals surface area contributed by atoms with E-state index in [1.165, 1.54) is 11.1 Å². The summed E-state index contributed by atoms with van der Waals surface area (Å²) in [4.78, 5) is 14.0. The minimum atomic E-state index is -0.288. The first-order valence-electron chi connectivity index (χ1n) is 5.84. The van der Waals surface area contributed by atoms with Gasteiger partial charge in [0.2, 0.25) is 5.91 Å². The number of nitrogens with one attached hydrogen (secondary N) is 1. The number of hydrogen-bond acceptors (Lipinski definition) is 2. The molecule has 2 aliphatic heterocycles. The molecule has 0 radical (unpaired) electrons. The van der Waals surface area contributed by atoms with E-state index in [0.717, 1.165) is 19.5 Å². The Balaban J connectivity index is 2.10. The van der Waals surface area contributed by atoms with Gasteiger partial charge >= 0.3 is 0 Å². The number of carbonyl (C=O) groups excluding carboxylic acids is 1. The molecule has 1 aromatic carbocycles. The van der Waals surface area contributed by atoms with Gasteiger partial charge in [-0.15, -0.1) is 0 Å². The maximum Gasteiger partial charge on any atom is 0.222 e. The van der Waals surface area contributed by atoms with Gasteiger partial charge < -0.3 is 5.32 Å². The van der Waals surface area contributed by atoms with Gasteiger partial charge in [-0.05, 0) is 24.5 Å². The van der Waals surface area contributed by atoms with Crippen molar-refractivity contribution in [2.24, 2.45) is 0 Å². The van der Waals surface area contributed by atoms with Gasteiger partial charge in [0.25, 0.3) is 0 Å². The van der Waals surface area contributed by atoms with Gasteiger partial charge in [-0.2, -0.15) is 0 Å². The molecular formula is C13H16N2O. The zero-order chi connectivity index (χ0) is 11.2. The summed E-state index contributed by atoms with van der Waals surface area (Å²) in [5, 5.41) is 3.14. The number of rotatable bonds is 0. The van der Waals surface area contributed by atoms with Crippen molar-refractivity contribution in [3.05, 3.63) is 35.4 Å². The zero-order valence-corrected chi connectivity index (χ0v) is 9.49. The van der Waals surface area contributed by atoms with Crippen molar-refractivity contribution in [3.8, 4) is 0 Å². The third kappa shape index (κ3) is 1.28. The highest BCUT2D eigenvalue weighted by molar-refractivity contribution is 5.78. The molecule has 84 valence electrons. The lowest BCUT2D eigenvalue weighted by molar-refractivity contribution is -0.131. The Labute approximate surface area is 95.4 Å². The number of hydrogen-bond donors (Lipinski definition) is 1. The van der Waals surface area contributed by atoms with Crippen LogP contribution >= 0.6 is 0 Å². The molecule has 0 spiro atoms. The van der Waals surface area contributed by atoms with Gasteiger partial charge in [0.15, 0.2) is 0 Å².